The maximum absolute atomic E-state index is 10.5. The molecule has 72 valence electrons. The Morgan fingerprint density at radius 3 is 1.53 bits per heavy atom. The SMILES string of the molecule is Nc1cc(C(=O)O)cc(C(=O)O)c1.[NaH].[NaH]. The first-order valence-corrected chi connectivity index (χ1v) is 3.38. The van der Waals surface area contributed by atoms with Crippen LogP contribution in [0.4, 0.5) is 5.69 Å². The summed E-state index contributed by atoms with van der Waals surface area (Å²) in [5.41, 5.74) is 5.18. The van der Waals surface area contributed by atoms with Crippen LogP contribution >= 0.6 is 0 Å². The van der Waals surface area contributed by atoms with Crippen LogP contribution in [-0.2, 0) is 0 Å². The molecule has 0 fully saturated rings. The number of aromatic carboxylic acids is 2. The van der Waals surface area contributed by atoms with Crippen molar-refractivity contribution >= 4 is 76.7 Å². The molecule has 7 heteroatoms. The van der Waals surface area contributed by atoms with Crippen LogP contribution in [0.25, 0.3) is 0 Å². The molecule has 0 saturated carbocycles. The van der Waals surface area contributed by atoms with Crippen molar-refractivity contribution in [2.75, 3.05) is 5.73 Å². The number of hydrogen-bond acceptors (Lipinski definition) is 3. The summed E-state index contributed by atoms with van der Waals surface area (Å²) in [6.45, 7) is 0. The molecule has 0 bridgehead atoms. The fraction of sp³-hybridized carbons (Fsp3) is 0. The molecule has 0 amide bonds. The van der Waals surface area contributed by atoms with E-state index >= 15 is 0 Å². The Kier molecular flexibility index (Phi) is 8.41. The zero-order chi connectivity index (χ0) is 10.0. The maximum atomic E-state index is 10.5. The van der Waals surface area contributed by atoms with E-state index in [1.807, 2.05) is 0 Å². The van der Waals surface area contributed by atoms with E-state index in [4.69, 9.17) is 15.9 Å². The second-order valence-electron chi connectivity index (χ2n) is 2.45. The third kappa shape index (κ3) is 5.01. The predicted molar refractivity (Wildman–Crippen MR) is 59.1 cm³/mol. The van der Waals surface area contributed by atoms with Crippen molar-refractivity contribution in [1.29, 1.82) is 0 Å². The Bertz CT molecular complexity index is 349. The summed E-state index contributed by atoms with van der Waals surface area (Å²) in [7, 11) is 0. The number of rotatable bonds is 2. The van der Waals surface area contributed by atoms with Gasteiger partial charge in [-0.05, 0) is 18.2 Å². The van der Waals surface area contributed by atoms with E-state index in [1.54, 1.807) is 0 Å². The summed E-state index contributed by atoms with van der Waals surface area (Å²) < 4.78 is 0. The third-order valence-corrected chi connectivity index (χ3v) is 1.45. The van der Waals surface area contributed by atoms with Crippen LogP contribution in [0.1, 0.15) is 20.7 Å². The van der Waals surface area contributed by atoms with Crippen molar-refractivity contribution in [3.8, 4) is 0 Å². The molecular weight excluding hydrogens is 220 g/mol. The van der Waals surface area contributed by atoms with Crippen molar-refractivity contribution in [1.82, 2.24) is 0 Å². The van der Waals surface area contributed by atoms with Crippen LogP contribution in [-0.4, -0.2) is 81.3 Å². The van der Waals surface area contributed by atoms with Gasteiger partial charge in [-0.25, -0.2) is 9.59 Å². The van der Waals surface area contributed by atoms with Gasteiger partial charge in [-0.2, -0.15) is 0 Å². The summed E-state index contributed by atoms with van der Waals surface area (Å²) in [6.07, 6.45) is 0. The number of carbonyl (C=O) groups is 2. The van der Waals surface area contributed by atoms with Gasteiger partial charge >= 0.3 is 71.1 Å². The molecule has 0 aliphatic heterocycles. The van der Waals surface area contributed by atoms with Gasteiger partial charge in [0.2, 0.25) is 0 Å². The molecule has 1 aromatic rings. The van der Waals surface area contributed by atoms with Crippen LogP contribution in [0.2, 0.25) is 0 Å². The van der Waals surface area contributed by atoms with Gasteiger partial charge in [0.25, 0.3) is 0 Å². The van der Waals surface area contributed by atoms with E-state index in [9.17, 15) is 9.59 Å². The van der Waals surface area contributed by atoms with Gasteiger partial charge in [0.1, 0.15) is 0 Å². The number of nitrogens with two attached hydrogens (primary N) is 1. The summed E-state index contributed by atoms with van der Waals surface area (Å²) in [6, 6.07) is 3.46. The van der Waals surface area contributed by atoms with Crippen LogP contribution in [0, 0.1) is 0 Å². The summed E-state index contributed by atoms with van der Waals surface area (Å²) in [4.78, 5) is 21.0. The molecule has 1 aromatic carbocycles. The minimum atomic E-state index is -1.20. The van der Waals surface area contributed by atoms with E-state index in [2.05, 4.69) is 0 Å². The Hall–Kier alpha value is -0.0400. The molecule has 0 saturated heterocycles. The normalized spacial score (nSPS) is 8.27. The first kappa shape index (κ1) is 17.4. The fourth-order valence-electron chi connectivity index (χ4n) is 0.899. The summed E-state index contributed by atoms with van der Waals surface area (Å²) >= 11 is 0. The van der Waals surface area contributed by atoms with Crippen molar-refractivity contribution < 1.29 is 19.8 Å². The molecule has 0 radical (unpaired) electrons. The quantitative estimate of drug-likeness (QED) is 0.463. The molecule has 15 heavy (non-hydrogen) atoms. The van der Waals surface area contributed by atoms with Crippen molar-refractivity contribution in [3.63, 3.8) is 0 Å². The van der Waals surface area contributed by atoms with Gasteiger partial charge in [-0.1, -0.05) is 0 Å². The monoisotopic (exact) mass is 229 g/mol. The third-order valence-electron chi connectivity index (χ3n) is 1.45. The summed E-state index contributed by atoms with van der Waals surface area (Å²) in [5, 5.41) is 17.1. The van der Waals surface area contributed by atoms with Crippen LogP contribution in [0.15, 0.2) is 18.2 Å². The molecule has 5 nitrogen and oxygen atoms in total. The standard InChI is InChI=1S/C8H7NO4.2Na.2H/c9-6-2-4(7(10)11)1-5(3-6)8(12)13;;;;/h1-3H,9H2,(H,10,11)(H,12,13);;;;. The van der Waals surface area contributed by atoms with Gasteiger partial charge in [0, 0.05) is 5.69 Å². The molecule has 0 spiro atoms. The van der Waals surface area contributed by atoms with Crippen LogP contribution in [0.5, 0.6) is 0 Å². The van der Waals surface area contributed by atoms with E-state index in [0.29, 0.717) is 0 Å². The van der Waals surface area contributed by atoms with Crippen molar-refractivity contribution in [2.45, 2.75) is 0 Å². The first-order chi connectivity index (χ1) is 6.00. The molecule has 0 heterocycles. The topological polar surface area (TPSA) is 101 Å². The van der Waals surface area contributed by atoms with Crippen LogP contribution in [0.3, 0.4) is 0 Å². The number of anilines is 1. The van der Waals surface area contributed by atoms with E-state index in [1.165, 1.54) is 12.1 Å². The second-order valence-corrected chi connectivity index (χ2v) is 2.45. The molecule has 0 atom stereocenters. The summed E-state index contributed by atoms with van der Waals surface area (Å²) in [5.74, 6) is -2.40. The molecule has 1 rings (SSSR count). The van der Waals surface area contributed by atoms with Crippen molar-refractivity contribution in [2.24, 2.45) is 0 Å². The predicted octanol–water partition coefficient (Wildman–Crippen LogP) is -0.632. The molecule has 4 N–H and O–H groups in total. The number of hydrogen-bond donors (Lipinski definition) is 3. The zero-order valence-corrected chi connectivity index (χ0v) is 6.52. The zero-order valence-electron chi connectivity index (χ0n) is 6.52. The number of carboxylic acids is 2. The number of carboxylic acid groups (broad SMARTS) is 2. The molecular formula is C8H9NNa2O4. The molecule has 0 unspecified atom stereocenters. The Morgan fingerprint density at radius 1 is 0.933 bits per heavy atom. The first-order valence-electron chi connectivity index (χ1n) is 3.38. The Labute approximate surface area is 130 Å². The molecule has 0 aliphatic rings. The second kappa shape index (κ2) is 7.27. The van der Waals surface area contributed by atoms with Gasteiger partial charge in [-0.15, -0.1) is 0 Å². The van der Waals surface area contributed by atoms with Gasteiger partial charge in [-0.3, -0.25) is 0 Å². The molecule has 0 aliphatic carbocycles. The number of nitrogen functional groups attached to an aromatic ring is 1. The average Bonchev–Trinajstić information content (AvgIpc) is 2.03. The van der Waals surface area contributed by atoms with E-state index in [-0.39, 0.29) is 75.9 Å². The minimum absolute atomic E-state index is 0. The van der Waals surface area contributed by atoms with Gasteiger partial charge < -0.3 is 15.9 Å². The van der Waals surface area contributed by atoms with E-state index < -0.39 is 11.9 Å². The van der Waals surface area contributed by atoms with Gasteiger partial charge in [0.15, 0.2) is 0 Å². The Morgan fingerprint density at radius 2 is 1.27 bits per heavy atom. The average molecular weight is 229 g/mol. The van der Waals surface area contributed by atoms with Crippen molar-refractivity contribution in [3.05, 3.63) is 29.3 Å². The fourth-order valence-corrected chi connectivity index (χ4v) is 0.899. The number of benzene rings is 1. The van der Waals surface area contributed by atoms with E-state index in [0.717, 1.165) is 6.07 Å². The van der Waals surface area contributed by atoms with Crippen LogP contribution < -0.4 is 5.73 Å². The molecule has 0 aromatic heterocycles. The van der Waals surface area contributed by atoms with Gasteiger partial charge in [0.05, 0.1) is 11.1 Å². The Balaban J connectivity index is 0.